The highest BCUT2D eigenvalue weighted by molar-refractivity contribution is 7.11. The third-order valence-corrected chi connectivity index (χ3v) is 4.83. The van der Waals surface area contributed by atoms with Crippen LogP contribution in [0.25, 0.3) is 0 Å². The summed E-state index contributed by atoms with van der Waals surface area (Å²) in [5, 5.41) is 4.27. The molecular weight excluding hydrogens is 270 g/mol. The Kier molecular flexibility index (Phi) is 3.67. The van der Waals surface area contributed by atoms with Crippen molar-refractivity contribution in [2.24, 2.45) is 7.05 Å². The first-order valence-electron chi connectivity index (χ1n) is 6.96. The van der Waals surface area contributed by atoms with Crippen LogP contribution in [0.15, 0.2) is 24.5 Å². The highest BCUT2D eigenvalue weighted by Gasteiger charge is 2.34. The van der Waals surface area contributed by atoms with Gasteiger partial charge in [0.1, 0.15) is 5.60 Å². The second-order valence-corrected chi connectivity index (χ2v) is 7.08. The minimum atomic E-state index is -0.251. The van der Waals surface area contributed by atoms with Gasteiger partial charge in [0, 0.05) is 48.2 Å². The first-order chi connectivity index (χ1) is 9.55. The molecule has 3 heterocycles. The van der Waals surface area contributed by atoms with Crippen LogP contribution in [-0.2, 0) is 23.9 Å². The van der Waals surface area contributed by atoms with Gasteiger partial charge in [-0.2, -0.15) is 5.10 Å². The van der Waals surface area contributed by atoms with Crippen LogP contribution < -0.4 is 0 Å². The molecule has 0 aliphatic carbocycles. The molecular formula is C15H21N3OS. The van der Waals surface area contributed by atoms with E-state index < -0.39 is 0 Å². The lowest BCUT2D eigenvalue weighted by Gasteiger charge is -2.40. The van der Waals surface area contributed by atoms with Gasteiger partial charge < -0.3 is 4.74 Å². The first kappa shape index (κ1) is 13.8. The number of thiophene rings is 1. The van der Waals surface area contributed by atoms with Crippen molar-refractivity contribution >= 4 is 11.3 Å². The fourth-order valence-electron chi connectivity index (χ4n) is 2.75. The lowest BCUT2D eigenvalue weighted by atomic mass is 9.97. The van der Waals surface area contributed by atoms with E-state index in [-0.39, 0.29) is 5.60 Å². The Bertz CT molecular complexity index is 591. The van der Waals surface area contributed by atoms with E-state index in [1.165, 1.54) is 9.75 Å². The SMILES string of the molecule is Cc1ccc(CN2CCO[C@](C)(c3cnn(C)c3)C2)s1. The molecule has 108 valence electrons. The summed E-state index contributed by atoms with van der Waals surface area (Å²) >= 11 is 1.88. The van der Waals surface area contributed by atoms with Crippen LogP contribution in [0.2, 0.25) is 0 Å². The molecule has 0 radical (unpaired) electrons. The van der Waals surface area contributed by atoms with Crippen LogP contribution in [0.3, 0.4) is 0 Å². The Morgan fingerprint density at radius 1 is 1.45 bits per heavy atom. The fourth-order valence-corrected chi connectivity index (χ4v) is 3.68. The summed E-state index contributed by atoms with van der Waals surface area (Å²) in [6, 6.07) is 4.43. The highest BCUT2D eigenvalue weighted by atomic mass is 32.1. The predicted molar refractivity (Wildman–Crippen MR) is 80.8 cm³/mol. The summed E-state index contributed by atoms with van der Waals surface area (Å²) < 4.78 is 7.89. The number of aromatic nitrogens is 2. The maximum atomic E-state index is 6.05. The van der Waals surface area contributed by atoms with Gasteiger partial charge in [-0.05, 0) is 26.0 Å². The fraction of sp³-hybridized carbons (Fsp3) is 0.533. The van der Waals surface area contributed by atoms with Gasteiger partial charge in [-0.25, -0.2) is 0 Å². The van der Waals surface area contributed by atoms with Crippen LogP contribution in [-0.4, -0.2) is 34.4 Å². The van der Waals surface area contributed by atoms with E-state index in [2.05, 4.69) is 42.2 Å². The summed E-state index contributed by atoms with van der Waals surface area (Å²) in [5.41, 5.74) is 0.908. The Balaban J connectivity index is 1.72. The van der Waals surface area contributed by atoms with E-state index >= 15 is 0 Å². The molecule has 0 aromatic carbocycles. The van der Waals surface area contributed by atoms with Gasteiger partial charge in [0.15, 0.2) is 0 Å². The molecule has 0 saturated carbocycles. The van der Waals surface area contributed by atoms with E-state index in [1.54, 1.807) is 0 Å². The van der Waals surface area contributed by atoms with Crippen molar-refractivity contribution in [1.29, 1.82) is 0 Å². The van der Waals surface area contributed by atoms with Gasteiger partial charge in [-0.3, -0.25) is 9.58 Å². The van der Waals surface area contributed by atoms with Gasteiger partial charge in [0.05, 0.1) is 12.8 Å². The summed E-state index contributed by atoms with van der Waals surface area (Å²) in [5.74, 6) is 0. The Labute approximate surface area is 124 Å². The summed E-state index contributed by atoms with van der Waals surface area (Å²) in [6.07, 6.45) is 3.97. The number of ether oxygens (including phenoxy) is 1. The molecule has 2 aromatic heterocycles. The number of nitrogens with zero attached hydrogens (tertiary/aromatic N) is 3. The number of aryl methyl sites for hydroxylation is 2. The van der Waals surface area contributed by atoms with Gasteiger partial charge in [0.2, 0.25) is 0 Å². The second kappa shape index (κ2) is 5.31. The normalized spacial score (nSPS) is 24.1. The standard InChI is InChI=1S/C15H21N3OS/c1-12-4-5-14(20-12)10-18-6-7-19-15(2,11-18)13-8-16-17(3)9-13/h4-5,8-9H,6-7,10-11H2,1-3H3/t15-/m0/s1. The third-order valence-electron chi connectivity index (χ3n) is 3.84. The predicted octanol–water partition coefficient (Wildman–Crippen LogP) is 2.54. The number of morpholine rings is 1. The average molecular weight is 291 g/mol. The lowest BCUT2D eigenvalue weighted by Crippen LogP contribution is -2.47. The molecule has 0 N–H and O–H groups in total. The molecule has 0 spiro atoms. The van der Waals surface area contributed by atoms with Crippen molar-refractivity contribution in [2.45, 2.75) is 26.0 Å². The molecule has 1 atom stereocenters. The quantitative estimate of drug-likeness (QED) is 0.870. The summed E-state index contributed by atoms with van der Waals surface area (Å²) in [7, 11) is 1.95. The lowest BCUT2D eigenvalue weighted by molar-refractivity contribution is -0.105. The van der Waals surface area contributed by atoms with Crippen LogP contribution >= 0.6 is 11.3 Å². The maximum Gasteiger partial charge on any atom is 0.106 e. The molecule has 1 fully saturated rings. The molecule has 4 nitrogen and oxygen atoms in total. The number of rotatable bonds is 3. The van der Waals surface area contributed by atoms with E-state index in [0.717, 1.165) is 31.8 Å². The van der Waals surface area contributed by atoms with Crippen molar-refractivity contribution in [1.82, 2.24) is 14.7 Å². The van der Waals surface area contributed by atoms with E-state index in [4.69, 9.17) is 4.74 Å². The molecule has 0 bridgehead atoms. The molecule has 1 aliphatic rings. The van der Waals surface area contributed by atoms with E-state index in [1.807, 2.05) is 29.3 Å². The monoisotopic (exact) mass is 291 g/mol. The van der Waals surface area contributed by atoms with Crippen molar-refractivity contribution in [3.63, 3.8) is 0 Å². The summed E-state index contributed by atoms with van der Waals surface area (Å²) in [6.45, 7) is 8.01. The van der Waals surface area contributed by atoms with Crippen molar-refractivity contribution in [2.75, 3.05) is 19.7 Å². The smallest absolute Gasteiger partial charge is 0.106 e. The van der Waals surface area contributed by atoms with Crippen molar-refractivity contribution in [3.05, 3.63) is 39.8 Å². The molecule has 1 saturated heterocycles. The maximum absolute atomic E-state index is 6.05. The molecule has 20 heavy (non-hydrogen) atoms. The zero-order chi connectivity index (χ0) is 14.2. The topological polar surface area (TPSA) is 30.3 Å². The second-order valence-electron chi connectivity index (χ2n) is 5.71. The average Bonchev–Trinajstić information content (AvgIpc) is 2.99. The van der Waals surface area contributed by atoms with Gasteiger partial charge in [-0.15, -0.1) is 11.3 Å². The molecule has 0 unspecified atom stereocenters. The van der Waals surface area contributed by atoms with Crippen LogP contribution in [0.5, 0.6) is 0 Å². The summed E-state index contributed by atoms with van der Waals surface area (Å²) in [4.78, 5) is 5.28. The van der Waals surface area contributed by atoms with Crippen molar-refractivity contribution < 1.29 is 4.74 Å². The number of hydrogen-bond donors (Lipinski definition) is 0. The van der Waals surface area contributed by atoms with Gasteiger partial charge >= 0.3 is 0 Å². The zero-order valence-electron chi connectivity index (χ0n) is 12.3. The Hall–Kier alpha value is -1.17. The molecule has 2 aromatic rings. The third kappa shape index (κ3) is 2.80. The minimum Gasteiger partial charge on any atom is -0.368 e. The van der Waals surface area contributed by atoms with Crippen molar-refractivity contribution in [3.8, 4) is 0 Å². The minimum absolute atomic E-state index is 0.251. The number of hydrogen-bond acceptors (Lipinski definition) is 4. The van der Waals surface area contributed by atoms with Crippen LogP contribution in [0.4, 0.5) is 0 Å². The Morgan fingerprint density at radius 2 is 2.30 bits per heavy atom. The molecule has 1 aliphatic heterocycles. The molecule has 5 heteroatoms. The van der Waals surface area contributed by atoms with Gasteiger partial charge in [-0.1, -0.05) is 0 Å². The molecule has 0 amide bonds. The zero-order valence-corrected chi connectivity index (χ0v) is 13.1. The van der Waals surface area contributed by atoms with E-state index in [0.29, 0.717) is 0 Å². The largest absolute Gasteiger partial charge is 0.368 e. The van der Waals surface area contributed by atoms with Gasteiger partial charge in [0.25, 0.3) is 0 Å². The van der Waals surface area contributed by atoms with Crippen LogP contribution in [0.1, 0.15) is 22.2 Å². The molecule has 3 rings (SSSR count). The van der Waals surface area contributed by atoms with E-state index in [9.17, 15) is 0 Å². The first-order valence-corrected chi connectivity index (χ1v) is 7.77. The van der Waals surface area contributed by atoms with Crippen LogP contribution in [0, 0.1) is 6.92 Å². The highest BCUT2D eigenvalue weighted by Crippen LogP contribution is 2.30. The Morgan fingerprint density at radius 3 is 2.95 bits per heavy atom.